The van der Waals surface area contributed by atoms with Crippen molar-refractivity contribution in [1.29, 1.82) is 0 Å². The minimum atomic E-state index is -0.247. The van der Waals surface area contributed by atoms with E-state index < -0.39 is 0 Å². The second-order valence-electron chi connectivity index (χ2n) is 5.03. The first-order chi connectivity index (χ1) is 11.7. The molecule has 0 saturated heterocycles. The number of thioether (sulfide) groups is 1. The van der Waals surface area contributed by atoms with E-state index in [1.165, 1.54) is 12.1 Å². The van der Waals surface area contributed by atoms with E-state index in [-0.39, 0.29) is 5.82 Å². The Labute approximate surface area is 143 Å². The summed E-state index contributed by atoms with van der Waals surface area (Å²) in [5.41, 5.74) is 2.05. The van der Waals surface area contributed by atoms with Gasteiger partial charge in [0.25, 0.3) is 0 Å². The Bertz CT molecular complexity index is 830. The summed E-state index contributed by atoms with van der Waals surface area (Å²) in [6.07, 6.45) is 3.67. The molecule has 0 atom stereocenters. The Balaban J connectivity index is 1.59. The second kappa shape index (κ2) is 7.79. The van der Waals surface area contributed by atoms with Gasteiger partial charge in [-0.3, -0.25) is 5.10 Å². The van der Waals surface area contributed by atoms with Crippen LogP contribution in [0.1, 0.15) is 17.0 Å². The first kappa shape index (κ1) is 16.3. The van der Waals surface area contributed by atoms with Crippen LogP contribution < -0.4 is 4.74 Å². The number of hydrogen-bond acceptors (Lipinski definition) is 4. The van der Waals surface area contributed by atoms with Gasteiger partial charge in [0.05, 0.1) is 7.11 Å². The minimum Gasteiger partial charge on any atom is -0.497 e. The van der Waals surface area contributed by atoms with Crippen molar-refractivity contribution in [3.63, 3.8) is 0 Å². The maximum Gasteiger partial charge on any atom is 0.209 e. The van der Waals surface area contributed by atoms with Gasteiger partial charge in [-0.1, -0.05) is 42.1 Å². The van der Waals surface area contributed by atoms with Crippen LogP contribution in [0.4, 0.5) is 4.39 Å². The van der Waals surface area contributed by atoms with Gasteiger partial charge >= 0.3 is 0 Å². The van der Waals surface area contributed by atoms with Gasteiger partial charge in [0, 0.05) is 5.75 Å². The van der Waals surface area contributed by atoms with Gasteiger partial charge in [0.1, 0.15) is 17.4 Å². The molecule has 0 spiro atoms. The Hall–Kier alpha value is -2.60. The molecule has 0 bridgehead atoms. The zero-order valence-corrected chi connectivity index (χ0v) is 13.9. The fourth-order valence-electron chi connectivity index (χ4n) is 2.06. The predicted molar refractivity (Wildman–Crippen MR) is 94.3 cm³/mol. The Morgan fingerprint density at radius 3 is 2.79 bits per heavy atom. The lowest BCUT2D eigenvalue weighted by molar-refractivity contribution is 0.414. The average Bonchev–Trinajstić information content (AvgIpc) is 3.08. The van der Waals surface area contributed by atoms with Crippen LogP contribution in [-0.2, 0) is 5.75 Å². The Morgan fingerprint density at radius 2 is 2.00 bits per heavy atom. The molecule has 0 unspecified atom stereocenters. The summed E-state index contributed by atoms with van der Waals surface area (Å²) in [6.45, 7) is 0. The van der Waals surface area contributed by atoms with Gasteiger partial charge in [-0.15, -0.1) is 5.10 Å². The molecule has 24 heavy (non-hydrogen) atoms. The lowest BCUT2D eigenvalue weighted by Crippen LogP contribution is -1.86. The van der Waals surface area contributed by atoms with Gasteiger partial charge in [-0.05, 0) is 41.5 Å². The predicted octanol–water partition coefficient (Wildman–Crippen LogP) is 4.42. The van der Waals surface area contributed by atoms with Crippen molar-refractivity contribution in [2.75, 3.05) is 7.11 Å². The molecule has 1 heterocycles. The van der Waals surface area contributed by atoms with Crippen molar-refractivity contribution in [2.45, 2.75) is 10.9 Å². The lowest BCUT2D eigenvalue weighted by atomic mass is 10.2. The summed E-state index contributed by atoms with van der Waals surface area (Å²) in [7, 11) is 1.65. The third kappa shape index (κ3) is 4.45. The van der Waals surface area contributed by atoms with E-state index in [0.29, 0.717) is 11.0 Å². The molecule has 4 nitrogen and oxygen atoms in total. The number of ether oxygens (including phenoxy) is 1. The van der Waals surface area contributed by atoms with E-state index in [0.717, 1.165) is 22.6 Å². The van der Waals surface area contributed by atoms with Gasteiger partial charge in [0.2, 0.25) is 5.16 Å². The van der Waals surface area contributed by atoms with Crippen molar-refractivity contribution < 1.29 is 9.13 Å². The number of hydrogen-bond donors (Lipinski definition) is 1. The van der Waals surface area contributed by atoms with E-state index in [4.69, 9.17) is 4.74 Å². The van der Waals surface area contributed by atoms with E-state index in [2.05, 4.69) is 15.2 Å². The summed E-state index contributed by atoms with van der Waals surface area (Å²) in [5, 5.41) is 7.74. The molecule has 2 aromatic carbocycles. The van der Waals surface area contributed by atoms with E-state index in [9.17, 15) is 4.39 Å². The number of aromatic nitrogens is 3. The highest BCUT2D eigenvalue weighted by Gasteiger charge is 2.03. The zero-order valence-electron chi connectivity index (χ0n) is 13.1. The fourth-order valence-corrected chi connectivity index (χ4v) is 2.80. The van der Waals surface area contributed by atoms with Crippen molar-refractivity contribution in [3.05, 3.63) is 71.3 Å². The molecule has 0 radical (unpaired) electrons. The molecule has 0 saturated carbocycles. The van der Waals surface area contributed by atoms with E-state index in [1.54, 1.807) is 31.0 Å². The van der Waals surface area contributed by atoms with Crippen LogP contribution in [-0.4, -0.2) is 22.3 Å². The number of aromatic amines is 1. The average molecular weight is 341 g/mol. The van der Waals surface area contributed by atoms with Crippen LogP contribution >= 0.6 is 11.8 Å². The number of benzene rings is 2. The van der Waals surface area contributed by atoms with Gasteiger partial charge < -0.3 is 4.74 Å². The largest absolute Gasteiger partial charge is 0.497 e. The van der Waals surface area contributed by atoms with Crippen LogP contribution in [0, 0.1) is 5.82 Å². The molecule has 0 aliphatic rings. The molecule has 122 valence electrons. The minimum absolute atomic E-state index is 0.247. The summed E-state index contributed by atoms with van der Waals surface area (Å²) < 4.78 is 18.1. The molecule has 1 aromatic heterocycles. The molecule has 6 heteroatoms. The Kier molecular flexibility index (Phi) is 5.28. The fraction of sp³-hybridized carbons (Fsp3) is 0.111. The molecular formula is C18H16FN3OS. The van der Waals surface area contributed by atoms with Gasteiger partial charge in [-0.25, -0.2) is 9.37 Å². The van der Waals surface area contributed by atoms with Crippen LogP contribution in [0.5, 0.6) is 5.75 Å². The van der Waals surface area contributed by atoms with Crippen LogP contribution in [0.15, 0.2) is 53.7 Å². The number of halogens is 1. The van der Waals surface area contributed by atoms with Crippen molar-refractivity contribution in [1.82, 2.24) is 15.2 Å². The molecule has 3 rings (SSSR count). The first-order valence-corrected chi connectivity index (χ1v) is 8.33. The summed E-state index contributed by atoms with van der Waals surface area (Å²) >= 11 is 1.54. The summed E-state index contributed by atoms with van der Waals surface area (Å²) in [4.78, 5) is 4.40. The number of nitrogens with zero attached hydrogens (tertiary/aromatic N) is 2. The topological polar surface area (TPSA) is 50.8 Å². The normalized spacial score (nSPS) is 11.1. The monoisotopic (exact) mass is 341 g/mol. The molecule has 0 fully saturated rings. The highest BCUT2D eigenvalue weighted by atomic mass is 32.2. The second-order valence-corrected chi connectivity index (χ2v) is 5.97. The quantitative estimate of drug-likeness (QED) is 0.675. The van der Waals surface area contributed by atoms with Gasteiger partial charge in [-0.2, -0.15) is 0 Å². The van der Waals surface area contributed by atoms with E-state index in [1.807, 2.05) is 36.4 Å². The lowest BCUT2D eigenvalue weighted by Gasteiger charge is -2.02. The molecule has 1 N–H and O–H groups in total. The number of methoxy groups -OCH3 is 1. The Morgan fingerprint density at radius 1 is 1.17 bits per heavy atom. The molecule has 0 aliphatic heterocycles. The van der Waals surface area contributed by atoms with Crippen molar-refractivity contribution >= 4 is 23.9 Å². The summed E-state index contributed by atoms with van der Waals surface area (Å²) in [6, 6.07) is 14.2. The third-order valence-corrected chi connectivity index (χ3v) is 4.21. The standard InChI is InChI=1S/C18H16FN3OS/c1-23-16-4-2-3-14(11-16)12-24-18-20-17(21-22-18)10-7-13-5-8-15(19)9-6-13/h2-11H,12H2,1H3,(H,20,21,22). The van der Waals surface area contributed by atoms with Crippen LogP contribution in [0.2, 0.25) is 0 Å². The maximum atomic E-state index is 12.9. The van der Waals surface area contributed by atoms with Crippen molar-refractivity contribution in [2.24, 2.45) is 0 Å². The van der Waals surface area contributed by atoms with Crippen LogP contribution in [0.25, 0.3) is 12.2 Å². The molecule has 3 aromatic rings. The van der Waals surface area contributed by atoms with E-state index >= 15 is 0 Å². The molecule has 0 amide bonds. The summed E-state index contributed by atoms with van der Waals surface area (Å²) in [5.74, 6) is 2.01. The third-order valence-electron chi connectivity index (χ3n) is 3.29. The molecule has 0 aliphatic carbocycles. The van der Waals surface area contributed by atoms with Gasteiger partial charge in [0.15, 0.2) is 0 Å². The van der Waals surface area contributed by atoms with Crippen molar-refractivity contribution in [3.8, 4) is 5.75 Å². The smallest absolute Gasteiger partial charge is 0.209 e. The number of nitrogens with one attached hydrogen (secondary N) is 1. The first-order valence-electron chi connectivity index (χ1n) is 7.35. The number of H-pyrrole nitrogens is 1. The SMILES string of the molecule is COc1cccc(CSc2n[nH]c(C=Cc3ccc(F)cc3)n2)c1. The number of rotatable bonds is 6. The zero-order chi connectivity index (χ0) is 16.8. The van der Waals surface area contributed by atoms with Crippen LogP contribution in [0.3, 0.4) is 0 Å². The highest BCUT2D eigenvalue weighted by Crippen LogP contribution is 2.22. The molecular weight excluding hydrogens is 325 g/mol. The maximum absolute atomic E-state index is 12.9. The highest BCUT2D eigenvalue weighted by molar-refractivity contribution is 7.98.